The third-order valence-electron chi connectivity index (χ3n) is 4.92. The van der Waals surface area contributed by atoms with Gasteiger partial charge >= 0.3 is 0 Å². The number of nitrogens with one attached hydrogen (secondary N) is 2. The highest BCUT2D eigenvalue weighted by Gasteiger charge is 2.30. The molecule has 1 amide bonds. The second-order valence-electron chi connectivity index (χ2n) is 6.34. The van der Waals surface area contributed by atoms with E-state index < -0.39 is 0 Å². The quantitative estimate of drug-likeness (QED) is 0.577. The largest absolute Gasteiger partial charge is 0.493 e. The fourth-order valence-corrected chi connectivity index (χ4v) is 3.22. The Morgan fingerprint density at radius 1 is 1.17 bits per heavy atom. The van der Waals surface area contributed by atoms with Crippen LogP contribution in [0.2, 0.25) is 0 Å². The molecule has 0 aromatic heterocycles. The highest BCUT2D eigenvalue weighted by Crippen LogP contribution is 2.29. The summed E-state index contributed by atoms with van der Waals surface area (Å²) in [5.41, 5.74) is 7.91. The van der Waals surface area contributed by atoms with Gasteiger partial charge in [-0.05, 0) is 31.5 Å². The maximum Gasteiger partial charge on any atom is 0.275 e. The lowest BCUT2D eigenvalue weighted by atomic mass is 10.1. The molecule has 1 fully saturated rings. The first kappa shape index (κ1) is 17.6. The molecule has 6 heteroatoms. The van der Waals surface area contributed by atoms with Gasteiger partial charge in [-0.1, -0.05) is 0 Å². The Morgan fingerprint density at radius 2 is 1.74 bits per heavy atom. The van der Waals surface area contributed by atoms with Crippen LogP contribution >= 0.6 is 0 Å². The minimum Gasteiger partial charge on any atom is -0.493 e. The molecule has 6 nitrogen and oxygen atoms in total. The number of carbonyl (C=O) groups excluding carboxylic acids is 1. The van der Waals surface area contributed by atoms with Crippen molar-refractivity contribution in [3.05, 3.63) is 23.3 Å². The van der Waals surface area contributed by atoms with E-state index in [9.17, 15) is 4.79 Å². The van der Waals surface area contributed by atoms with Crippen LogP contribution in [0, 0.1) is 6.92 Å². The summed E-state index contributed by atoms with van der Waals surface area (Å²) >= 11 is 0. The lowest BCUT2D eigenvalue weighted by Gasteiger charge is -2.32. The molecule has 1 aliphatic heterocycles. The molecule has 128 valence electrons. The number of carbonyl (C=O) groups is 1. The average Bonchev–Trinajstić information content (AvgIpc) is 2.56. The highest BCUT2D eigenvalue weighted by molar-refractivity contribution is 5.77. The van der Waals surface area contributed by atoms with E-state index in [1.807, 2.05) is 13.0 Å². The van der Waals surface area contributed by atoms with Crippen LogP contribution in [-0.2, 0) is 11.3 Å². The molecular formula is C17H29N3O3+2. The van der Waals surface area contributed by atoms with Crippen LogP contribution in [0.1, 0.15) is 18.1 Å². The molecule has 23 heavy (non-hydrogen) atoms. The predicted octanol–water partition coefficient (Wildman–Crippen LogP) is -1.83. The van der Waals surface area contributed by atoms with Crippen LogP contribution in [-0.4, -0.2) is 52.3 Å². The van der Waals surface area contributed by atoms with Gasteiger partial charge in [-0.15, -0.1) is 0 Å². The standard InChI is InChI=1S/C17H27N3O3/c1-12-9-15(22-3)16(23-4)10-14(12)11-19-5-7-20(8-6-19)13(2)17(18)21/h9-10,13H,5-8,11H2,1-4H3,(H2,18,21)/p+2/t13-/m0/s1. The summed E-state index contributed by atoms with van der Waals surface area (Å²) in [4.78, 5) is 14.1. The van der Waals surface area contributed by atoms with Gasteiger partial charge in [0.1, 0.15) is 32.7 Å². The number of nitrogens with two attached hydrogens (primary N) is 1. The third-order valence-corrected chi connectivity index (χ3v) is 4.92. The summed E-state index contributed by atoms with van der Waals surface area (Å²) in [7, 11) is 3.32. The highest BCUT2D eigenvalue weighted by atomic mass is 16.5. The predicted molar refractivity (Wildman–Crippen MR) is 88.0 cm³/mol. The Balaban J connectivity index is 2.00. The van der Waals surface area contributed by atoms with Gasteiger partial charge < -0.3 is 25.0 Å². The van der Waals surface area contributed by atoms with Crippen LogP contribution in [0.5, 0.6) is 11.5 Å². The van der Waals surface area contributed by atoms with Crippen molar-refractivity contribution in [1.29, 1.82) is 0 Å². The molecule has 0 aliphatic carbocycles. The maximum atomic E-state index is 11.3. The topological polar surface area (TPSA) is 70.4 Å². The number of piperazine rings is 1. The zero-order valence-corrected chi connectivity index (χ0v) is 14.6. The van der Waals surface area contributed by atoms with Crippen LogP contribution in [0.15, 0.2) is 12.1 Å². The molecule has 0 bridgehead atoms. The van der Waals surface area contributed by atoms with Crippen molar-refractivity contribution in [2.24, 2.45) is 5.73 Å². The lowest BCUT2D eigenvalue weighted by Crippen LogP contribution is -3.29. The van der Waals surface area contributed by atoms with Gasteiger partial charge in [0.25, 0.3) is 5.91 Å². The van der Waals surface area contributed by atoms with E-state index in [0.29, 0.717) is 0 Å². The summed E-state index contributed by atoms with van der Waals surface area (Å²) < 4.78 is 10.8. The molecule has 1 aromatic rings. The Morgan fingerprint density at radius 3 is 2.26 bits per heavy atom. The summed E-state index contributed by atoms with van der Waals surface area (Å²) in [6.45, 7) is 9.03. The van der Waals surface area contributed by atoms with Crippen molar-refractivity contribution < 1.29 is 24.1 Å². The number of methoxy groups -OCH3 is 2. The van der Waals surface area contributed by atoms with Gasteiger partial charge in [0.2, 0.25) is 0 Å². The molecule has 1 aliphatic rings. The van der Waals surface area contributed by atoms with E-state index in [0.717, 1.165) is 44.2 Å². The number of primary amides is 1. The molecule has 0 radical (unpaired) electrons. The third kappa shape index (κ3) is 4.14. The number of hydrogen-bond donors (Lipinski definition) is 3. The minimum atomic E-state index is -0.209. The maximum absolute atomic E-state index is 11.3. The van der Waals surface area contributed by atoms with Crippen molar-refractivity contribution in [2.75, 3.05) is 40.4 Å². The van der Waals surface area contributed by atoms with Gasteiger partial charge in [0, 0.05) is 5.56 Å². The second-order valence-corrected chi connectivity index (χ2v) is 6.34. The van der Waals surface area contributed by atoms with Crippen LogP contribution in [0.4, 0.5) is 0 Å². The fourth-order valence-electron chi connectivity index (χ4n) is 3.22. The molecule has 2 rings (SSSR count). The van der Waals surface area contributed by atoms with Gasteiger partial charge in [-0.2, -0.15) is 0 Å². The molecule has 0 spiro atoms. The summed E-state index contributed by atoms with van der Waals surface area (Å²) in [5, 5.41) is 0. The molecular weight excluding hydrogens is 294 g/mol. The molecule has 4 N–H and O–H groups in total. The van der Waals surface area contributed by atoms with E-state index in [2.05, 4.69) is 13.0 Å². The second kappa shape index (κ2) is 7.66. The van der Waals surface area contributed by atoms with Crippen molar-refractivity contribution >= 4 is 5.91 Å². The summed E-state index contributed by atoms with van der Waals surface area (Å²) in [6.07, 6.45) is 0. The average molecular weight is 323 g/mol. The van der Waals surface area contributed by atoms with E-state index in [-0.39, 0.29) is 11.9 Å². The van der Waals surface area contributed by atoms with Crippen LogP contribution in [0.3, 0.4) is 0 Å². The van der Waals surface area contributed by atoms with Crippen LogP contribution < -0.4 is 25.0 Å². The van der Waals surface area contributed by atoms with Gasteiger partial charge in [-0.25, -0.2) is 0 Å². The number of hydrogen-bond acceptors (Lipinski definition) is 3. The number of quaternary nitrogens is 2. The summed E-state index contributed by atoms with van der Waals surface area (Å²) in [5.74, 6) is 1.34. The molecule has 1 atom stereocenters. The Bertz CT molecular complexity index is 554. The minimum absolute atomic E-state index is 0.0978. The molecule has 1 saturated heterocycles. The number of rotatable bonds is 6. The lowest BCUT2D eigenvalue weighted by molar-refractivity contribution is -1.02. The first-order valence-electron chi connectivity index (χ1n) is 8.15. The van der Waals surface area contributed by atoms with Crippen molar-refractivity contribution in [2.45, 2.75) is 26.4 Å². The molecule has 0 saturated carbocycles. The molecule has 1 aromatic carbocycles. The van der Waals surface area contributed by atoms with Crippen molar-refractivity contribution in [1.82, 2.24) is 0 Å². The van der Waals surface area contributed by atoms with Gasteiger partial charge in [0.05, 0.1) is 14.2 Å². The fraction of sp³-hybridized carbons (Fsp3) is 0.588. The smallest absolute Gasteiger partial charge is 0.275 e. The summed E-state index contributed by atoms with van der Waals surface area (Å²) in [6, 6.07) is 4.01. The number of benzene rings is 1. The molecule has 1 heterocycles. The normalized spacial score (nSPS) is 22.4. The van der Waals surface area contributed by atoms with E-state index >= 15 is 0 Å². The Labute approximate surface area is 138 Å². The number of aryl methyl sites for hydroxylation is 1. The van der Waals surface area contributed by atoms with E-state index in [1.54, 1.807) is 14.2 Å². The zero-order chi connectivity index (χ0) is 17.0. The van der Waals surface area contributed by atoms with Crippen molar-refractivity contribution in [3.8, 4) is 11.5 Å². The zero-order valence-electron chi connectivity index (χ0n) is 14.6. The molecule has 0 unspecified atom stereocenters. The van der Waals surface area contributed by atoms with Crippen molar-refractivity contribution in [3.63, 3.8) is 0 Å². The van der Waals surface area contributed by atoms with Gasteiger partial charge in [0.15, 0.2) is 17.5 Å². The van der Waals surface area contributed by atoms with E-state index in [4.69, 9.17) is 15.2 Å². The van der Waals surface area contributed by atoms with Gasteiger partial charge in [-0.3, -0.25) is 4.79 Å². The van der Waals surface area contributed by atoms with Crippen LogP contribution in [0.25, 0.3) is 0 Å². The SMILES string of the molecule is COc1cc(C)c(C[NH+]2CC[NH+]([C@@H](C)C(N)=O)CC2)cc1OC. The number of ether oxygens (including phenoxy) is 2. The monoisotopic (exact) mass is 323 g/mol. The van der Waals surface area contributed by atoms with E-state index in [1.165, 1.54) is 20.9 Å². The first-order valence-corrected chi connectivity index (χ1v) is 8.15. The first-order chi connectivity index (χ1) is 11.0. The Kier molecular flexibility index (Phi) is 5.85. The Hall–Kier alpha value is -1.79. The number of amides is 1.